The van der Waals surface area contributed by atoms with E-state index in [0.29, 0.717) is 5.92 Å². The molecule has 1 aliphatic heterocycles. The van der Waals surface area contributed by atoms with Crippen molar-refractivity contribution in [2.24, 2.45) is 11.3 Å². The molecule has 0 saturated carbocycles. The van der Waals surface area contributed by atoms with Crippen molar-refractivity contribution in [3.8, 4) is 0 Å². The lowest BCUT2D eigenvalue weighted by molar-refractivity contribution is -0.131. The van der Waals surface area contributed by atoms with Crippen LogP contribution in [0.15, 0.2) is 0 Å². The molecule has 3 unspecified atom stereocenters. The monoisotopic (exact) mass is 240 g/mol. The van der Waals surface area contributed by atoms with Crippen LogP contribution in [0.25, 0.3) is 0 Å². The van der Waals surface area contributed by atoms with Gasteiger partial charge in [0.2, 0.25) is 5.91 Å². The molecule has 0 radical (unpaired) electrons. The third-order valence-corrected chi connectivity index (χ3v) is 3.98. The maximum absolute atomic E-state index is 12.2. The van der Waals surface area contributed by atoms with Gasteiger partial charge in [-0.2, -0.15) is 0 Å². The molecule has 1 heterocycles. The van der Waals surface area contributed by atoms with E-state index in [4.69, 9.17) is 0 Å². The summed E-state index contributed by atoms with van der Waals surface area (Å²) in [6.07, 6.45) is 4.36. The van der Waals surface area contributed by atoms with E-state index < -0.39 is 0 Å². The van der Waals surface area contributed by atoms with Gasteiger partial charge in [0.15, 0.2) is 0 Å². The van der Waals surface area contributed by atoms with Crippen molar-refractivity contribution in [1.29, 1.82) is 0 Å². The molecule has 1 rings (SSSR count). The van der Waals surface area contributed by atoms with E-state index in [2.05, 4.69) is 38.3 Å². The van der Waals surface area contributed by atoms with Gasteiger partial charge in [-0.25, -0.2) is 0 Å². The second-order valence-electron chi connectivity index (χ2n) is 5.96. The van der Waals surface area contributed by atoms with Crippen LogP contribution < -0.4 is 10.6 Å². The molecule has 0 aromatic heterocycles. The zero-order chi connectivity index (χ0) is 12.9. The first kappa shape index (κ1) is 14.5. The van der Waals surface area contributed by atoms with Crippen LogP contribution in [-0.4, -0.2) is 25.0 Å². The summed E-state index contributed by atoms with van der Waals surface area (Å²) in [4.78, 5) is 12.2. The molecule has 3 atom stereocenters. The number of piperidine rings is 1. The number of nitrogens with one attached hydrogen (secondary N) is 2. The fraction of sp³-hybridized carbons (Fsp3) is 0.929. The summed E-state index contributed by atoms with van der Waals surface area (Å²) in [7, 11) is 0. The second-order valence-corrected chi connectivity index (χ2v) is 5.96. The zero-order valence-electron chi connectivity index (χ0n) is 11.8. The molecular weight excluding hydrogens is 212 g/mol. The molecule has 0 spiro atoms. The molecule has 100 valence electrons. The Bertz CT molecular complexity index is 247. The average Bonchev–Trinajstić information content (AvgIpc) is 2.29. The van der Waals surface area contributed by atoms with Crippen LogP contribution in [0.3, 0.4) is 0 Å². The van der Waals surface area contributed by atoms with Gasteiger partial charge in [0.05, 0.1) is 5.41 Å². The highest BCUT2D eigenvalue weighted by Crippen LogP contribution is 2.26. The van der Waals surface area contributed by atoms with Crippen molar-refractivity contribution in [1.82, 2.24) is 10.6 Å². The predicted molar refractivity (Wildman–Crippen MR) is 71.9 cm³/mol. The molecular formula is C14H28N2O. The average molecular weight is 240 g/mol. The normalized spacial score (nSPS) is 28.5. The molecule has 1 amide bonds. The standard InChI is InChI=1S/C14H28N2O/c1-5-11(2)9-12(3)16-13(17)14(4)7-6-8-15-10-14/h11-12,15H,5-10H2,1-4H3,(H,16,17). The molecule has 0 bridgehead atoms. The Labute approximate surface area is 106 Å². The third kappa shape index (κ3) is 4.30. The number of carbonyl (C=O) groups is 1. The van der Waals surface area contributed by atoms with Crippen molar-refractivity contribution in [2.45, 2.75) is 59.4 Å². The number of hydrogen-bond donors (Lipinski definition) is 2. The van der Waals surface area contributed by atoms with Gasteiger partial charge in [-0.3, -0.25) is 4.79 Å². The van der Waals surface area contributed by atoms with Crippen molar-refractivity contribution >= 4 is 5.91 Å². The van der Waals surface area contributed by atoms with E-state index in [0.717, 1.165) is 32.4 Å². The predicted octanol–water partition coefficient (Wildman–Crippen LogP) is 2.32. The molecule has 1 saturated heterocycles. The Balaban J connectivity index is 2.42. The van der Waals surface area contributed by atoms with Crippen molar-refractivity contribution in [3.05, 3.63) is 0 Å². The Morgan fingerprint density at radius 1 is 1.47 bits per heavy atom. The van der Waals surface area contributed by atoms with E-state index in [1.165, 1.54) is 6.42 Å². The largest absolute Gasteiger partial charge is 0.353 e. The van der Waals surface area contributed by atoms with Crippen LogP contribution in [0.4, 0.5) is 0 Å². The zero-order valence-corrected chi connectivity index (χ0v) is 11.8. The molecule has 2 N–H and O–H groups in total. The minimum absolute atomic E-state index is 0.206. The summed E-state index contributed by atoms with van der Waals surface area (Å²) < 4.78 is 0. The number of amides is 1. The highest BCUT2D eigenvalue weighted by molar-refractivity contribution is 5.82. The van der Waals surface area contributed by atoms with Gasteiger partial charge in [0.1, 0.15) is 0 Å². The van der Waals surface area contributed by atoms with Gasteiger partial charge in [0, 0.05) is 12.6 Å². The van der Waals surface area contributed by atoms with Gasteiger partial charge >= 0.3 is 0 Å². The molecule has 0 aromatic carbocycles. The maximum atomic E-state index is 12.2. The van der Waals surface area contributed by atoms with Crippen LogP contribution in [0.2, 0.25) is 0 Å². The Hall–Kier alpha value is -0.570. The van der Waals surface area contributed by atoms with Gasteiger partial charge < -0.3 is 10.6 Å². The minimum Gasteiger partial charge on any atom is -0.353 e. The van der Waals surface area contributed by atoms with Gasteiger partial charge in [-0.05, 0) is 45.6 Å². The minimum atomic E-state index is -0.206. The first-order valence-corrected chi connectivity index (χ1v) is 6.99. The summed E-state index contributed by atoms with van der Waals surface area (Å²) in [5, 5.41) is 6.50. The fourth-order valence-electron chi connectivity index (χ4n) is 2.48. The first-order chi connectivity index (χ1) is 7.98. The fourth-order valence-corrected chi connectivity index (χ4v) is 2.48. The molecule has 3 heteroatoms. The molecule has 0 aliphatic carbocycles. The lowest BCUT2D eigenvalue weighted by Gasteiger charge is -2.34. The highest BCUT2D eigenvalue weighted by Gasteiger charge is 2.35. The Kier molecular flexibility index (Phi) is 5.44. The topological polar surface area (TPSA) is 41.1 Å². The molecule has 17 heavy (non-hydrogen) atoms. The Morgan fingerprint density at radius 3 is 2.71 bits per heavy atom. The highest BCUT2D eigenvalue weighted by atomic mass is 16.2. The quantitative estimate of drug-likeness (QED) is 0.774. The van der Waals surface area contributed by atoms with Crippen LogP contribution in [0.1, 0.15) is 53.4 Å². The first-order valence-electron chi connectivity index (χ1n) is 6.99. The number of hydrogen-bond acceptors (Lipinski definition) is 2. The van der Waals surface area contributed by atoms with Gasteiger partial charge in [-0.1, -0.05) is 20.3 Å². The van der Waals surface area contributed by atoms with Gasteiger partial charge in [0.25, 0.3) is 0 Å². The Morgan fingerprint density at radius 2 is 2.18 bits per heavy atom. The smallest absolute Gasteiger partial charge is 0.227 e. The summed E-state index contributed by atoms with van der Waals surface area (Å²) in [6.45, 7) is 10.5. The van der Waals surface area contributed by atoms with E-state index in [9.17, 15) is 4.79 Å². The SMILES string of the molecule is CCC(C)CC(C)NC(=O)C1(C)CCCNC1. The summed E-state index contributed by atoms with van der Waals surface area (Å²) in [6, 6.07) is 0.288. The van der Waals surface area contributed by atoms with Crippen molar-refractivity contribution in [3.63, 3.8) is 0 Å². The lowest BCUT2D eigenvalue weighted by Crippen LogP contribution is -2.50. The third-order valence-electron chi connectivity index (χ3n) is 3.98. The molecule has 3 nitrogen and oxygen atoms in total. The maximum Gasteiger partial charge on any atom is 0.227 e. The summed E-state index contributed by atoms with van der Waals surface area (Å²) in [5.41, 5.74) is -0.206. The molecule has 1 aliphatic rings. The number of rotatable bonds is 5. The van der Waals surface area contributed by atoms with Crippen LogP contribution >= 0.6 is 0 Å². The van der Waals surface area contributed by atoms with E-state index in [-0.39, 0.29) is 17.4 Å². The molecule has 1 fully saturated rings. The molecule has 0 aromatic rings. The van der Waals surface area contributed by atoms with E-state index >= 15 is 0 Å². The summed E-state index contributed by atoms with van der Waals surface area (Å²) in [5.74, 6) is 0.906. The van der Waals surface area contributed by atoms with E-state index in [1.807, 2.05) is 0 Å². The van der Waals surface area contributed by atoms with Crippen LogP contribution in [0.5, 0.6) is 0 Å². The van der Waals surface area contributed by atoms with E-state index in [1.54, 1.807) is 0 Å². The number of carbonyl (C=O) groups excluding carboxylic acids is 1. The second kappa shape index (κ2) is 6.39. The van der Waals surface area contributed by atoms with Gasteiger partial charge in [-0.15, -0.1) is 0 Å². The lowest BCUT2D eigenvalue weighted by atomic mass is 9.81. The van der Waals surface area contributed by atoms with Crippen LogP contribution in [0, 0.1) is 11.3 Å². The summed E-state index contributed by atoms with van der Waals surface area (Å²) >= 11 is 0. The van der Waals surface area contributed by atoms with Crippen molar-refractivity contribution < 1.29 is 4.79 Å². The van der Waals surface area contributed by atoms with Crippen LogP contribution in [-0.2, 0) is 4.79 Å². The van der Waals surface area contributed by atoms with Crippen molar-refractivity contribution in [2.75, 3.05) is 13.1 Å².